The number of aryl methyl sites for hydroxylation is 1. The van der Waals surface area contributed by atoms with Gasteiger partial charge in [-0.05, 0) is 12.1 Å². The monoisotopic (exact) mass is 262 g/mol. The lowest BCUT2D eigenvalue weighted by atomic mass is 10.2. The van der Waals surface area contributed by atoms with Crippen molar-refractivity contribution in [2.75, 3.05) is 12.4 Å². The first-order valence-corrected chi connectivity index (χ1v) is 5.65. The molecular formula is C12H14N4O3. The minimum atomic E-state index is -0.469. The van der Waals surface area contributed by atoms with E-state index in [1.54, 1.807) is 23.0 Å². The second kappa shape index (κ2) is 5.38. The molecule has 1 N–H and O–H groups in total. The SMILES string of the molecule is COc1cc(NCc2ccnn2C)ccc1[N+](=O)[O-]. The molecule has 100 valence electrons. The van der Waals surface area contributed by atoms with Crippen molar-refractivity contribution in [3.05, 3.63) is 46.3 Å². The summed E-state index contributed by atoms with van der Waals surface area (Å²) >= 11 is 0. The summed E-state index contributed by atoms with van der Waals surface area (Å²) in [6.45, 7) is 0.581. The van der Waals surface area contributed by atoms with Gasteiger partial charge in [0.15, 0.2) is 5.75 Å². The summed E-state index contributed by atoms with van der Waals surface area (Å²) in [5, 5.41) is 18.0. The van der Waals surface area contributed by atoms with Crippen molar-refractivity contribution in [1.29, 1.82) is 0 Å². The molecular weight excluding hydrogens is 248 g/mol. The van der Waals surface area contributed by atoms with Crippen molar-refractivity contribution in [1.82, 2.24) is 9.78 Å². The number of nitrogens with one attached hydrogen (secondary N) is 1. The molecule has 0 aliphatic rings. The maximum absolute atomic E-state index is 10.8. The van der Waals surface area contributed by atoms with Gasteiger partial charge < -0.3 is 10.1 Å². The van der Waals surface area contributed by atoms with Gasteiger partial charge in [0, 0.05) is 31.1 Å². The minimum absolute atomic E-state index is 0.0476. The molecule has 0 aliphatic heterocycles. The van der Waals surface area contributed by atoms with Gasteiger partial charge >= 0.3 is 5.69 Å². The molecule has 0 saturated heterocycles. The Morgan fingerprint density at radius 2 is 2.26 bits per heavy atom. The van der Waals surface area contributed by atoms with Crippen LogP contribution in [0.25, 0.3) is 0 Å². The van der Waals surface area contributed by atoms with E-state index in [1.165, 1.54) is 13.2 Å². The first-order chi connectivity index (χ1) is 9.11. The van der Waals surface area contributed by atoms with Gasteiger partial charge in [0.2, 0.25) is 0 Å². The van der Waals surface area contributed by atoms with Crippen LogP contribution in [-0.2, 0) is 13.6 Å². The summed E-state index contributed by atoms with van der Waals surface area (Å²) in [6.07, 6.45) is 1.72. The van der Waals surface area contributed by atoms with Crippen LogP contribution < -0.4 is 10.1 Å². The van der Waals surface area contributed by atoms with E-state index >= 15 is 0 Å². The molecule has 7 nitrogen and oxygen atoms in total. The highest BCUT2D eigenvalue weighted by atomic mass is 16.6. The van der Waals surface area contributed by atoms with Crippen molar-refractivity contribution in [3.63, 3.8) is 0 Å². The normalized spacial score (nSPS) is 10.2. The number of aromatic nitrogens is 2. The number of anilines is 1. The third-order valence-corrected chi connectivity index (χ3v) is 2.77. The second-order valence-electron chi connectivity index (χ2n) is 3.94. The van der Waals surface area contributed by atoms with E-state index in [0.29, 0.717) is 6.54 Å². The lowest BCUT2D eigenvalue weighted by Crippen LogP contribution is -2.05. The number of ether oxygens (including phenoxy) is 1. The van der Waals surface area contributed by atoms with Gasteiger partial charge in [-0.15, -0.1) is 0 Å². The molecule has 19 heavy (non-hydrogen) atoms. The molecule has 7 heteroatoms. The van der Waals surface area contributed by atoms with Crippen molar-refractivity contribution in [2.24, 2.45) is 7.05 Å². The van der Waals surface area contributed by atoms with E-state index in [-0.39, 0.29) is 11.4 Å². The number of methoxy groups -OCH3 is 1. The van der Waals surface area contributed by atoms with Gasteiger partial charge in [-0.1, -0.05) is 0 Å². The fourth-order valence-electron chi connectivity index (χ4n) is 1.71. The Hall–Kier alpha value is -2.57. The van der Waals surface area contributed by atoms with Crippen LogP contribution in [0.2, 0.25) is 0 Å². The summed E-state index contributed by atoms with van der Waals surface area (Å²) in [5.41, 5.74) is 1.72. The Labute approximate surface area is 110 Å². The first-order valence-electron chi connectivity index (χ1n) is 5.65. The Balaban J connectivity index is 2.13. The van der Waals surface area contributed by atoms with Crippen LogP contribution in [0.5, 0.6) is 5.75 Å². The second-order valence-corrected chi connectivity index (χ2v) is 3.94. The number of hydrogen-bond donors (Lipinski definition) is 1. The maximum atomic E-state index is 10.8. The zero-order valence-corrected chi connectivity index (χ0v) is 10.7. The standard InChI is InChI=1S/C12H14N4O3/c1-15-10(5-6-14-15)8-13-9-3-4-11(16(17)18)12(7-9)19-2/h3-7,13H,8H2,1-2H3. The van der Waals surface area contributed by atoms with Gasteiger partial charge in [0.05, 0.1) is 24.3 Å². The molecule has 0 radical (unpaired) electrons. The average molecular weight is 262 g/mol. The molecule has 1 aromatic heterocycles. The van der Waals surface area contributed by atoms with Crippen LogP contribution in [0, 0.1) is 10.1 Å². The van der Waals surface area contributed by atoms with Crippen LogP contribution >= 0.6 is 0 Å². The molecule has 2 rings (SSSR count). The van der Waals surface area contributed by atoms with E-state index < -0.39 is 4.92 Å². The van der Waals surface area contributed by atoms with Crippen molar-refractivity contribution < 1.29 is 9.66 Å². The Morgan fingerprint density at radius 3 is 2.84 bits per heavy atom. The van der Waals surface area contributed by atoms with Crippen LogP contribution in [-0.4, -0.2) is 21.8 Å². The third kappa shape index (κ3) is 2.82. The molecule has 1 aromatic carbocycles. The lowest BCUT2D eigenvalue weighted by molar-refractivity contribution is -0.385. The molecule has 0 amide bonds. The number of nitro groups is 1. The van der Waals surface area contributed by atoms with Crippen LogP contribution in [0.4, 0.5) is 11.4 Å². The predicted molar refractivity (Wildman–Crippen MR) is 70.2 cm³/mol. The largest absolute Gasteiger partial charge is 0.490 e. The topological polar surface area (TPSA) is 82.2 Å². The van der Waals surface area contributed by atoms with Crippen molar-refractivity contribution in [3.8, 4) is 5.75 Å². The summed E-state index contributed by atoms with van der Waals surface area (Å²) in [5.74, 6) is 0.236. The lowest BCUT2D eigenvalue weighted by Gasteiger charge is -2.08. The zero-order chi connectivity index (χ0) is 13.8. The summed E-state index contributed by atoms with van der Waals surface area (Å²) in [7, 11) is 3.26. The molecule has 0 unspecified atom stereocenters. The highest BCUT2D eigenvalue weighted by molar-refractivity contribution is 5.58. The summed E-state index contributed by atoms with van der Waals surface area (Å²) < 4.78 is 6.77. The Morgan fingerprint density at radius 1 is 1.47 bits per heavy atom. The molecule has 0 atom stereocenters. The Kier molecular flexibility index (Phi) is 3.65. The highest BCUT2D eigenvalue weighted by Crippen LogP contribution is 2.29. The quantitative estimate of drug-likeness (QED) is 0.657. The van der Waals surface area contributed by atoms with Crippen molar-refractivity contribution >= 4 is 11.4 Å². The minimum Gasteiger partial charge on any atom is -0.490 e. The fourth-order valence-corrected chi connectivity index (χ4v) is 1.71. The van der Waals surface area contributed by atoms with Crippen LogP contribution in [0.15, 0.2) is 30.5 Å². The van der Waals surface area contributed by atoms with Gasteiger partial charge in [-0.25, -0.2) is 0 Å². The van der Waals surface area contributed by atoms with Gasteiger partial charge in [0.1, 0.15) is 0 Å². The number of rotatable bonds is 5. The molecule has 2 aromatic rings. The smallest absolute Gasteiger partial charge is 0.311 e. The van der Waals surface area contributed by atoms with E-state index in [9.17, 15) is 10.1 Å². The van der Waals surface area contributed by atoms with Gasteiger partial charge in [-0.3, -0.25) is 14.8 Å². The Bertz CT molecular complexity index is 594. The molecule has 0 aliphatic carbocycles. The summed E-state index contributed by atoms with van der Waals surface area (Å²) in [4.78, 5) is 10.3. The highest BCUT2D eigenvalue weighted by Gasteiger charge is 2.14. The molecule has 0 saturated carbocycles. The molecule has 1 heterocycles. The van der Waals surface area contributed by atoms with Crippen molar-refractivity contribution in [2.45, 2.75) is 6.54 Å². The van der Waals surface area contributed by atoms with E-state index in [4.69, 9.17) is 4.74 Å². The van der Waals surface area contributed by atoms with Crippen LogP contribution in [0.3, 0.4) is 0 Å². The first kappa shape index (κ1) is 12.9. The maximum Gasteiger partial charge on any atom is 0.311 e. The average Bonchev–Trinajstić information content (AvgIpc) is 2.81. The van der Waals surface area contributed by atoms with Gasteiger partial charge in [0.25, 0.3) is 0 Å². The summed E-state index contributed by atoms with van der Waals surface area (Å²) in [6, 6.07) is 6.57. The third-order valence-electron chi connectivity index (χ3n) is 2.77. The number of benzene rings is 1. The number of hydrogen-bond acceptors (Lipinski definition) is 5. The van der Waals surface area contributed by atoms with Crippen LogP contribution in [0.1, 0.15) is 5.69 Å². The molecule has 0 bridgehead atoms. The number of nitrogens with zero attached hydrogens (tertiary/aromatic N) is 3. The van der Waals surface area contributed by atoms with E-state index in [2.05, 4.69) is 10.4 Å². The fraction of sp³-hybridized carbons (Fsp3) is 0.250. The zero-order valence-electron chi connectivity index (χ0n) is 10.7. The number of nitro benzene ring substituents is 1. The predicted octanol–water partition coefficient (Wildman–Crippen LogP) is 1.95. The molecule has 0 fully saturated rings. The van der Waals surface area contributed by atoms with E-state index in [0.717, 1.165) is 11.4 Å². The molecule has 0 spiro atoms. The van der Waals surface area contributed by atoms with Gasteiger partial charge in [-0.2, -0.15) is 5.10 Å². The van der Waals surface area contributed by atoms with E-state index in [1.807, 2.05) is 13.1 Å².